The van der Waals surface area contributed by atoms with Crippen LogP contribution < -0.4 is 14.8 Å². The van der Waals surface area contributed by atoms with E-state index in [0.29, 0.717) is 16.5 Å². The van der Waals surface area contributed by atoms with E-state index >= 15 is 0 Å². The Bertz CT molecular complexity index is 410. The number of hydrogen-bond donors (Lipinski definition) is 1. The third-order valence-electron chi connectivity index (χ3n) is 2.04. The Balaban J connectivity index is 2.98. The topological polar surface area (TPSA) is 30.5 Å². The lowest BCUT2D eigenvalue weighted by Crippen LogP contribution is -2.06. The van der Waals surface area contributed by atoms with Crippen LogP contribution in [-0.4, -0.2) is 20.8 Å². The zero-order valence-electron chi connectivity index (χ0n) is 9.85. The van der Waals surface area contributed by atoms with Crippen LogP contribution in [-0.2, 0) is 6.54 Å². The summed E-state index contributed by atoms with van der Waals surface area (Å²) >= 11 is 9.12. The smallest absolute Gasteiger partial charge is 0.175 e. The van der Waals surface area contributed by atoms with Gasteiger partial charge in [0, 0.05) is 11.6 Å². The summed E-state index contributed by atoms with van der Waals surface area (Å²) in [4.78, 5) is 0. The van der Waals surface area contributed by atoms with Crippen molar-refractivity contribution in [1.29, 1.82) is 0 Å². The van der Waals surface area contributed by atoms with Crippen molar-refractivity contribution in [3.8, 4) is 11.5 Å². The van der Waals surface area contributed by atoms with Gasteiger partial charge in [0.15, 0.2) is 11.5 Å². The first-order valence-corrected chi connectivity index (χ1v) is 6.22. The fraction of sp³-hybridized carbons (Fsp3) is 0.333. The van der Waals surface area contributed by atoms with Gasteiger partial charge in [-0.05, 0) is 40.7 Å². The molecule has 0 saturated heterocycles. The zero-order chi connectivity index (χ0) is 12.8. The predicted molar refractivity (Wildman–Crippen MR) is 73.9 cm³/mol. The lowest BCUT2D eigenvalue weighted by molar-refractivity contribution is 0.322. The van der Waals surface area contributed by atoms with E-state index in [0.717, 1.165) is 16.6 Å². The molecule has 0 aliphatic rings. The van der Waals surface area contributed by atoms with Crippen LogP contribution in [0.15, 0.2) is 28.2 Å². The molecule has 0 aliphatic carbocycles. The SMILES string of the molecule is C=C(Cl)COc1c(Br)cc(CNC)cc1OC. The van der Waals surface area contributed by atoms with Crippen molar-refractivity contribution >= 4 is 27.5 Å². The van der Waals surface area contributed by atoms with Gasteiger partial charge < -0.3 is 14.8 Å². The lowest BCUT2D eigenvalue weighted by atomic mass is 10.2. The van der Waals surface area contributed by atoms with E-state index in [1.165, 1.54) is 0 Å². The van der Waals surface area contributed by atoms with Crippen LogP contribution in [0.25, 0.3) is 0 Å². The van der Waals surface area contributed by atoms with Crippen LogP contribution >= 0.6 is 27.5 Å². The molecule has 0 bridgehead atoms. The number of benzene rings is 1. The molecule has 94 valence electrons. The molecule has 0 spiro atoms. The van der Waals surface area contributed by atoms with E-state index < -0.39 is 0 Å². The monoisotopic (exact) mass is 319 g/mol. The molecule has 5 heteroatoms. The summed E-state index contributed by atoms with van der Waals surface area (Å²) in [7, 11) is 3.50. The molecule has 1 aromatic rings. The molecule has 1 N–H and O–H groups in total. The van der Waals surface area contributed by atoms with Crippen molar-refractivity contribution in [2.24, 2.45) is 0 Å². The summed E-state index contributed by atoms with van der Waals surface area (Å²) in [5.74, 6) is 1.30. The van der Waals surface area contributed by atoms with Gasteiger partial charge in [-0.25, -0.2) is 0 Å². The molecule has 0 fully saturated rings. The molecule has 1 aromatic carbocycles. The first-order valence-electron chi connectivity index (χ1n) is 5.05. The highest BCUT2D eigenvalue weighted by Crippen LogP contribution is 2.36. The van der Waals surface area contributed by atoms with Crippen LogP contribution in [0.4, 0.5) is 0 Å². The standard InChI is InChI=1S/C12H15BrClNO2/c1-8(14)7-17-12-10(13)4-9(6-15-2)5-11(12)16-3/h4-5,15H,1,6-7H2,2-3H3. The van der Waals surface area contributed by atoms with Gasteiger partial charge in [-0.1, -0.05) is 18.2 Å². The number of halogens is 2. The fourth-order valence-electron chi connectivity index (χ4n) is 1.37. The van der Waals surface area contributed by atoms with Crippen molar-refractivity contribution in [3.05, 3.63) is 33.8 Å². The van der Waals surface area contributed by atoms with Crippen LogP contribution in [0, 0.1) is 0 Å². The van der Waals surface area contributed by atoms with E-state index in [1.54, 1.807) is 7.11 Å². The van der Waals surface area contributed by atoms with Gasteiger partial charge in [0.2, 0.25) is 0 Å². The Kier molecular flexibility index (Phi) is 5.82. The van der Waals surface area contributed by atoms with Gasteiger partial charge in [-0.2, -0.15) is 0 Å². The molecule has 17 heavy (non-hydrogen) atoms. The highest BCUT2D eigenvalue weighted by Gasteiger charge is 2.11. The lowest BCUT2D eigenvalue weighted by Gasteiger charge is -2.14. The second-order valence-electron chi connectivity index (χ2n) is 3.45. The van der Waals surface area contributed by atoms with Crippen molar-refractivity contribution in [3.63, 3.8) is 0 Å². The molecular weight excluding hydrogens is 305 g/mol. The number of rotatable bonds is 6. The van der Waals surface area contributed by atoms with Crippen LogP contribution in [0.2, 0.25) is 0 Å². The second kappa shape index (κ2) is 6.89. The summed E-state index contributed by atoms with van der Waals surface area (Å²) in [5.41, 5.74) is 1.10. The van der Waals surface area contributed by atoms with Crippen molar-refractivity contribution < 1.29 is 9.47 Å². The first-order chi connectivity index (χ1) is 8.08. The number of methoxy groups -OCH3 is 1. The Morgan fingerprint density at radius 2 is 2.24 bits per heavy atom. The molecule has 1 rings (SSSR count). The molecule has 0 aromatic heterocycles. The summed E-state index contributed by atoms with van der Waals surface area (Å²) in [6, 6.07) is 3.90. The third-order valence-corrected chi connectivity index (χ3v) is 2.74. The molecule has 0 aliphatic heterocycles. The van der Waals surface area contributed by atoms with Gasteiger partial charge in [0.25, 0.3) is 0 Å². The van der Waals surface area contributed by atoms with Gasteiger partial charge in [0.05, 0.1) is 11.6 Å². The minimum atomic E-state index is 0.252. The summed E-state index contributed by atoms with van der Waals surface area (Å²) < 4.78 is 11.7. The van der Waals surface area contributed by atoms with E-state index in [2.05, 4.69) is 27.8 Å². The third kappa shape index (κ3) is 4.22. The van der Waals surface area contributed by atoms with Crippen LogP contribution in [0.3, 0.4) is 0 Å². The Labute approximate surface area is 115 Å². The Hall–Kier alpha value is -0.710. The van der Waals surface area contributed by atoms with Gasteiger partial charge in [-0.3, -0.25) is 0 Å². The van der Waals surface area contributed by atoms with Crippen LogP contribution in [0.5, 0.6) is 11.5 Å². The summed E-state index contributed by atoms with van der Waals surface area (Å²) in [6.45, 7) is 4.59. The molecule has 0 heterocycles. The minimum Gasteiger partial charge on any atom is -0.493 e. The van der Waals surface area contributed by atoms with E-state index in [1.807, 2.05) is 19.2 Å². The van der Waals surface area contributed by atoms with E-state index in [-0.39, 0.29) is 6.61 Å². The number of nitrogens with one attached hydrogen (secondary N) is 1. The maximum absolute atomic E-state index is 5.67. The first kappa shape index (κ1) is 14.4. The number of hydrogen-bond acceptors (Lipinski definition) is 3. The summed E-state index contributed by atoms with van der Waals surface area (Å²) in [5, 5.41) is 3.52. The van der Waals surface area contributed by atoms with Crippen molar-refractivity contribution in [2.45, 2.75) is 6.54 Å². The average Bonchev–Trinajstić information content (AvgIpc) is 2.27. The highest BCUT2D eigenvalue weighted by molar-refractivity contribution is 9.10. The number of ether oxygens (including phenoxy) is 2. The molecule has 3 nitrogen and oxygen atoms in total. The van der Waals surface area contributed by atoms with E-state index in [9.17, 15) is 0 Å². The Morgan fingerprint density at radius 1 is 1.53 bits per heavy atom. The minimum absolute atomic E-state index is 0.252. The van der Waals surface area contributed by atoms with E-state index in [4.69, 9.17) is 21.1 Å². The fourth-order valence-corrected chi connectivity index (χ4v) is 2.03. The molecule has 0 radical (unpaired) electrons. The quantitative estimate of drug-likeness (QED) is 0.872. The van der Waals surface area contributed by atoms with Gasteiger partial charge in [-0.15, -0.1) is 0 Å². The molecule has 0 atom stereocenters. The van der Waals surface area contributed by atoms with Crippen molar-refractivity contribution in [2.75, 3.05) is 20.8 Å². The molecule has 0 unspecified atom stereocenters. The van der Waals surface area contributed by atoms with Crippen molar-refractivity contribution in [1.82, 2.24) is 5.32 Å². The van der Waals surface area contributed by atoms with Gasteiger partial charge >= 0.3 is 0 Å². The summed E-state index contributed by atoms with van der Waals surface area (Å²) in [6.07, 6.45) is 0. The Morgan fingerprint density at radius 3 is 2.76 bits per heavy atom. The largest absolute Gasteiger partial charge is 0.493 e. The van der Waals surface area contributed by atoms with Gasteiger partial charge in [0.1, 0.15) is 6.61 Å². The zero-order valence-corrected chi connectivity index (χ0v) is 12.2. The molecule has 0 saturated carbocycles. The molecular formula is C12H15BrClNO2. The maximum atomic E-state index is 5.67. The second-order valence-corrected chi connectivity index (χ2v) is 4.83. The van der Waals surface area contributed by atoms with Crippen LogP contribution in [0.1, 0.15) is 5.56 Å². The maximum Gasteiger partial charge on any atom is 0.175 e. The molecule has 0 amide bonds. The normalized spacial score (nSPS) is 10.1. The average molecular weight is 321 g/mol. The highest BCUT2D eigenvalue weighted by atomic mass is 79.9. The predicted octanol–water partition coefficient (Wildman–Crippen LogP) is 3.31.